The molecule has 1 aromatic rings. The van der Waals surface area contributed by atoms with Crippen LogP contribution in [-0.4, -0.2) is 22.8 Å². The van der Waals surface area contributed by atoms with Gasteiger partial charge in [0.05, 0.1) is 0 Å². The second kappa shape index (κ2) is 6.52. The first-order valence-corrected chi connectivity index (χ1v) is 7.13. The zero-order chi connectivity index (χ0) is 15.4. The number of aryl methyl sites for hydroxylation is 1. The minimum Gasteiger partial charge on any atom is -0.481 e. The quantitative estimate of drug-likeness (QED) is 0.816. The lowest BCUT2D eigenvalue weighted by Crippen LogP contribution is -2.11. The Bertz CT molecular complexity index is 580. The predicted octanol–water partition coefficient (Wildman–Crippen LogP) is 2.65. The Morgan fingerprint density at radius 3 is 2.76 bits per heavy atom. The molecule has 1 unspecified atom stereocenters. The van der Waals surface area contributed by atoms with Crippen LogP contribution in [0.1, 0.15) is 48.5 Å². The highest BCUT2D eigenvalue weighted by molar-refractivity contribution is 5.98. The van der Waals surface area contributed by atoms with Crippen LogP contribution in [0.15, 0.2) is 18.2 Å². The molecular weight excluding hydrogens is 270 g/mol. The van der Waals surface area contributed by atoms with E-state index < -0.39 is 5.97 Å². The first-order chi connectivity index (χ1) is 9.95. The summed E-state index contributed by atoms with van der Waals surface area (Å²) < 4.78 is 0. The number of Topliss-reactive ketones (excluding diaryl/α,β-unsaturated/α-hetero) is 1. The zero-order valence-electron chi connectivity index (χ0n) is 12.0. The Hall–Kier alpha value is -2.17. The van der Waals surface area contributed by atoms with Crippen molar-refractivity contribution < 1.29 is 19.5 Å². The van der Waals surface area contributed by atoms with Gasteiger partial charge in [-0.1, -0.05) is 6.92 Å². The molecule has 5 nitrogen and oxygen atoms in total. The van der Waals surface area contributed by atoms with E-state index in [1.807, 2.05) is 6.07 Å². The SMILES string of the molecule is CC(CC(=O)O)CC(=O)c1ccc2c(c1)CCCC(=O)N2. The molecule has 1 aliphatic rings. The smallest absolute Gasteiger partial charge is 0.303 e. The van der Waals surface area contributed by atoms with Crippen LogP contribution in [0.25, 0.3) is 0 Å². The van der Waals surface area contributed by atoms with E-state index in [1.165, 1.54) is 0 Å². The number of fused-ring (bicyclic) bond motifs is 1. The van der Waals surface area contributed by atoms with E-state index in [9.17, 15) is 14.4 Å². The summed E-state index contributed by atoms with van der Waals surface area (Å²) in [6.07, 6.45) is 2.24. The van der Waals surface area contributed by atoms with E-state index in [4.69, 9.17) is 5.11 Å². The number of carbonyl (C=O) groups is 3. The molecule has 1 atom stereocenters. The molecule has 0 radical (unpaired) electrons. The molecule has 1 amide bonds. The van der Waals surface area contributed by atoms with Gasteiger partial charge in [-0.3, -0.25) is 14.4 Å². The zero-order valence-corrected chi connectivity index (χ0v) is 12.0. The molecule has 0 aromatic heterocycles. The van der Waals surface area contributed by atoms with Gasteiger partial charge < -0.3 is 10.4 Å². The molecule has 1 aliphatic heterocycles. The number of rotatable bonds is 5. The Morgan fingerprint density at radius 1 is 1.29 bits per heavy atom. The Balaban J connectivity index is 2.10. The van der Waals surface area contributed by atoms with Crippen LogP contribution in [0.5, 0.6) is 0 Å². The number of carbonyl (C=O) groups excluding carboxylic acids is 2. The molecule has 2 N–H and O–H groups in total. The molecule has 21 heavy (non-hydrogen) atoms. The van der Waals surface area contributed by atoms with E-state index in [-0.39, 0.29) is 30.4 Å². The molecule has 5 heteroatoms. The van der Waals surface area contributed by atoms with Crippen LogP contribution < -0.4 is 5.32 Å². The molecule has 1 aromatic carbocycles. The largest absolute Gasteiger partial charge is 0.481 e. The third-order valence-electron chi connectivity index (χ3n) is 3.61. The minimum atomic E-state index is -0.889. The van der Waals surface area contributed by atoms with Crippen molar-refractivity contribution in [1.82, 2.24) is 0 Å². The average Bonchev–Trinajstić information content (AvgIpc) is 2.57. The first kappa shape index (κ1) is 15.2. The fraction of sp³-hybridized carbons (Fsp3) is 0.438. The number of anilines is 1. The molecule has 0 bridgehead atoms. The molecule has 0 fully saturated rings. The van der Waals surface area contributed by atoms with Gasteiger partial charge >= 0.3 is 5.97 Å². The van der Waals surface area contributed by atoms with E-state index >= 15 is 0 Å². The van der Waals surface area contributed by atoms with Crippen LogP contribution in [-0.2, 0) is 16.0 Å². The molecule has 0 spiro atoms. The number of carboxylic acid groups (broad SMARTS) is 1. The third kappa shape index (κ3) is 4.15. The van der Waals surface area contributed by atoms with Gasteiger partial charge in [-0.25, -0.2) is 0 Å². The van der Waals surface area contributed by atoms with Gasteiger partial charge in [0.2, 0.25) is 5.91 Å². The van der Waals surface area contributed by atoms with Crippen molar-refractivity contribution in [2.45, 2.75) is 39.0 Å². The summed E-state index contributed by atoms with van der Waals surface area (Å²) >= 11 is 0. The van der Waals surface area contributed by atoms with Gasteiger partial charge in [-0.2, -0.15) is 0 Å². The molecule has 0 saturated heterocycles. The second-order valence-electron chi connectivity index (χ2n) is 5.60. The number of aliphatic carboxylic acids is 1. The summed E-state index contributed by atoms with van der Waals surface area (Å²) in [6.45, 7) is 1.76. The fourth-order valence-electron chi connectivity index (χ4n) is 2.55. The number of hydrogen-bond acceptors (Lipinski definition) is 3. The maximum absolute atomic E-state index is 12.2. The molecular formula is C16H19NO4. The normalized spacial score (nSPS) is 15.6. The number of ketones is 1. The standard InChI is InChI=1S/C16H19NO4/c1-10(8-16(20)21)7-14(18)12-5-6-13-11(9-12)3-2-4-15(19)17-13/h5-6,9-10H,2-4,7-8H2,1H3,(H,17,19)(H,20,21). The number of carboxylic acids is 1. The fourth-order valence-corrected chi connectivity index (χ4v) is 2.55. The Labute approximate surface area is 123 Å². The van der Waals surface area contributed by atoms with Crippen LogP contribution >= 0.6 is 0 Å². The Morgan fingerprint density at radius 2 is 2.05 bits per heavy atom. The van der Waals surface area contributed by atoms with E-state index in [0.717, 1.165) is 24.1 Å². The predicted molar refractivity (Wildman–Crippen MR) is 78.4 cm³/mol. The molecule has 112 valence electrons. The van der Waals surface area contributed by atoms with Crippen LogP contribution in [0.2, 0.25) is 0 Å². The molecule has 1 heterocycles. The maximum Gasteiger partial charge on any atom is 0.303 e. The highest BCUT2D eigenvalue weighted by Crippen LogP contribution is 2.24. The summed E-state index contributed by atoms with van der Waals surface area (Å²) in [5, 5.41) is 11.6. The summed E-state index contributed by atoms with van der Waals surface area (Å²) in [5.74, 6) is -1.13. The van der Waals surface area contributed by atoms with Crippen molar-refractivity contribution in [3.63, 3.8) is 0 Å². The van der Waals surface area contributed by atoms with Crippen molar-refractivity contribution in [1.29, 1.82) is 0 Å². The number of nitrogens with one attached hydrogen (secondary N) is 1. The average molecular weight is 289 g/mol. The summed E-state index contributed by atoms with van der Waals surface area (Å²) in [5.41, 5.74) is 2.33. The van der Waals surface area contributed by atoms with Gasteiger partial charge in [0.25, 0.3) is 0 Å². The second-order valence-corrected chi connectivity index (χ2v) is 5.60. The van der Waals surface area contributed by atoms with Gasteiger partial charge in [-0.05, 0) is 42.5 Å². The number of benzene rings is 1. The van der Waals surface area contributed by atoms with Gasteiger partial charge in [0, 0.05) is 30.5 Å². The van der Waals surface area contributed by atoms with E-state index in [2.05, 4.69) is 5.32 Å². The first-order valence-electron chi connectivity index (χ1n) is 7.13. The summed E-state index contributed by atoms with van der Waals surface area (Å²) in [4.78, 5) is 34.3. The van der Waals surface area contributed by atoms with Crippen LogP contribution in [0.3, 0.4) is 0 Å². The van der Waals surface area contributed by atoms with E-state index in [0.29, 0.717) is 12.0 Å². The van der Waals surface area contributed by atoms with Gasteiger partial charge in [-0.15, -0.1) is 0 Å². The lowest BCUT2D eigenvalue weighted by molar-refractivity contribution is -0.137. The topological polar surface area (TPSA) is 83.5 Å². The third-order valence-corrected chi connectivity index (χ3v) is 3.61. The van der Waals surface area contributed by atoms with Gasteiger partial charge in [0.1, 0.15) is 0 Å². The van der Waals surface area contributed by atoms with Gasteiger partial charge in [0.15, 0.2) is 5.78 Å². The molecule has 0 saturated carbocycles. The number of hydrogen-bond donors (Lipinski definition) is 2. The summed E-state index contributed by atoms with van der Waals surface area (Å²) in [7, 11) is 0. The van der Waals surface area contributed by atoms with Crippen molar-refractivity contribution in [3.05, 3.63) is 29.3 Å². The van der Waals surface area contributed by atoms with Crippen LogP contribution in [0.4, 0.5) is 5.69 Å². The molecule has 2 rings (SSSR count). The maximum atomic E-state index is 12.2. The van der Waals surface area contributed by atoms with Crippen molar-refractivity contribution in [2.24, 2.45) is 5.92 Å². The summed E-state index contributed by atoms with van der Waals surface area (Å²) in [6, 6.07) is 5.27. The van der Waals surface area contributed by atoms with Crippen LogP contribution in [0, 0.1) is 5.92 Å². The highest BCUT2D eigenvalue weighted by atomic mass is 16.4. The lowest BCUT2D eigenvalue weighted by Gasteiger charge is -2.11. The Kier molecular flexibility index (Phi) is 4.73. The van der Waals surface area contributed by atoms with Crippen molar-refractivity contribution >= 4 is 23.3 Å². The van der Waals surface area contributed by atoms with Crippen molar-refractivity contribution in [3.8, 4) is 0 Å². The van der Waals surface area contributed by atoms with Crippen molar-refractivity contribution in [2.75, 3.05) is 5.32 Å². The number of amides is 1. The molecule has 0 aliphatic carbocycles. The lowest BCUT2D eigenvalue weighted by atomic mass is 9.95. The monoisotopic (exact) mass is 289 g/mol. The van der Waals surface area contributed by atoms with E-state index in [1.54, 1.807) is 19.1 Å². The minimum absolute atomic E-state index is 0.00269. The highest BCUT2D eigenvalue weighted by Gasteiger charge is 2.17.